The highest BCUT2D eigenvalue weighted by Gasteiger charge is 2.15. The summed E-state index contributed by atoms with van der Waals surface area (Å²) in [4.78, 5) is 0. The van der Waals surface area contributed by atoms with Crippen molar-refractivity contribution in [3.63, 3.8) is 0 Å². The molecule has 0 bridgehead atoms. The van der Waals surface area contributed by atoms with Crippen molar-refractivity contribution in [2.75, 3.05) is 0 Å². The van der Waals surface area contributed by atoms with Crippen LogP contribution in [0.1, 0.15) is 43.7 Å². The van der Waals surface area contributed by atoms with E-state index in [0.29, 0.717) is 28.1 Å². The third kappa shape index (κ3) is 3.54. The lowest BCUT2D eigenvalue weighted by atomic mass is 10.1. The van der Waals surface area contributed by atoms with E-state index in [0.717, 1.165) is 12.1 Å². The maximum atomic E-state index is 10.3. The summed E-state index contributed by atoms with van der Waals surface area (Å²) < 4.78 is 1.92. The van der Waals surface area contributed by atoms with Crippen LogP contribution in [0.15, 0.2) is 30.5 Å². The number of hydrogen-bond donors (Lipinski definition) is 1. The molecule has 0 saturated carbocycles. The Kier molecular flexibility index (Phi) is 5.08. The van der Waals surface area contributed by atoms with Crippen molar-refractivity contribution < 1.29 is 5.11 Å². The first-order valence-electron chi connectivity index (χ1n) is 6.68. The Balaban J connectivity index is 2.13. The minimum atomic E-state index is -0.707. The van der Waals surface area contributed by atoms with Gasteiger partial charge in [-0.3, -0.25) is 4.68 Å². The topological polar surface area (TPSA) is 38.0 Å². The normalized spacial score (nSPS) is 14.2. The van der Waals surface area contributed by atoms with Crippen molar-refractivity contribution in [1.29, 1.82) is 0 Å². The first-order chi connectivity index (χ1) is 9.51. The van der Waals surface area contributed by atoms with E-state index in [9.17, 15) is 5.11 Å². The molecule has 1 heterocycles. The minimum Gasteiger partial charge on any atom is -0.388 e. The molecule has 1 aromatic heterocycles. The first-order valence-corrected chi connectivity index (χ1v) is 7.44. The van der Waals surface area contributed by atoms with Gasteiger partial charge in [-0.25, -0.2) is 0 Å². The largest absolute Gasteiger partial charge is 0.388 e. The fourth-order valence-corrected chi connectivity index (χ4v) is 2.42. The van der Waals surface area contributed by atoms with Crippen LogP contribution < -0.4 is 0 Å². The molecule has 108 valence electrons. The highest BCUT2D eigenvalue weighted by molar-refractivity contribution is 6.33. The van der Waals surface area contributed by atoms with Crippen LogP contribution in [0.2, 0.25) is 10.0 Å². The number of aromatic nitrogens is 2. The molecule has 0 amide bonds. The van der Waals surface area contributed by atoms with E-state index >= 15 is 0 Å². The van der Waals surface area contributed by atoms with Crippen molar-refractivity contribution in [2.24, 2.45) is 0 Å². The summed E-state index contributed by atoms with van der Waals surface area (Å²) in [5.74, 6) is 0. The van der Waals surface area contributed by atoms with Gasteiger partial charge in [0.05, 0.1) is 11.8 Å². The van der Waals surface area contributed by atoms with E-state index in [1.807, 2.05) is 16.9 Å². The molecule has 0 saturated heterocycles. The molecule has 5 heteroatoms. The van der Waals surface area contributed by atoms with Gasteiger partial charge < -0.3 is 5.11 Å². The van der Waals surface area contributed by atoms with Gasteiger partial charge in [0, 0.05) is 34.3 Å². The van der Waals surface area contributed by atoms with Crippen molar-refractivity contribution >= 4 is 23.2 Å². The molecule has 1 N–H and O–H groups in total. The Hall–Kier alpha value is -1.03. The highest BCUT2D eigenvalue weighted by Crippen LogP contribution is 2.28. The summed E-state index contributed by atoms with van der Waals surface area (Å²) in [6.45, 7) is 4.23. The molecule has 0 spiro atoms. The quantitative estimate of drug-likeness (QED) is 0.886. The average Bonchev–Trinajstić information content (AvgIpc) is 2.89. The summed E-state index contributed by atoms with van der Waals surface area (Å²) in [5, 5.41) is 15.9. The number of nitrogens with zero attached hydrogens (tertiary/aromatic N) is 2. The lowest BCUT2D eigenvalue weighted by Gasteiger charge is -2.12. The molecular formula is C15H18Cl2N2O. The predicted molar refractivity (Wildman–Crippen MR) is 82.4 cm³/mol. The van der Waals surface area contributed by atoms with Crippen LogP contribution in [0.3, 0.4) is 0 Å². The summed E-state index contributed by atoms with van der Waals surface area (Å²) >= 11 is 12.0. The van der Waals surface area contributed by atoms with Gasteiger partial charge in [-0.15, -0.1) is 0 Å². The second-order valence-electron chi connectivity index (χ2n) is 4.93. The number of rotatable bonds is 5. The lowest BCUT2D eigenvalue weighted by Crippen LogP contribution is -2.07. The molecule has 2 atom stereocenters. The second kappa shape index (κ2) is 6.61. The fourth-order valence-electron chi connectivity index (χ4n) is 2.00. The molecular weight excluding hydrogens is 295 g/mol. The fraction of sp³-hybridized carbons (Fsp3) is 0.400. The van der Waals surface area contributed by atoms with Crippen molar-refractivity contribution in [3.8, 4) is 0 Å². The van der Waals surface area contributed by atoms with Crippen LogP contribution in [-0.2, 0) is 6.42 Å². The third-order valence-electron chi connectivity index (χ3n) is 3.43. The number of benzene rings is 1. The van der Waals surface area contributed by atoms with E-state index in [1.54, 1.807) is 18.2 Å². The number of halogens is 2. The maximum Gasteiger partial charge on any atom is 0.0861 e. The second-order valence-corrected chi connectivity index (χ2v) is 5.77. The smallest absolute Gasteiger partial charge is 0.0861 e. The molecule has 0 aliphatic heterocycles. The van der Waals surface area contributed by atoms with Gasteiger partial charge in [0.2, 0.25) is 0 Å². The van der Waals surface area contributed by atoms with Crippen LogP contribution in [0.5, 0.6) is 0 Å². The Bertz CT molecular complexity index is 583. The van der Waals surface area contributed by atoms with Crippen LogP contribution in [0.4, 0.5) is 0 Å². The average molecular weight is 313 g/mol. The molecule has 0 radical (unpaired) electrons. The van der Waals surface area contributed by atoms with Crippen LogP contribution in [0, 0.1) is 0 Å². The van der Waals surface area contributed by atoms with Gasteiger partial charge in [0.25, 0.3) is 0 Å². The minimum absolute atomic E-state index is 0.357. The molecule has 1 aromatic carbocycles. The predicted octanol–water partition coefficient (Wildman–Crippen LogP) is 4.44. The molecule has 2 aromatic rings. The Morgan fingerprint density at radius 3 is 2.75 bits per heavy atom. The van der Waals surface area contributed by atoms with E-state index < -0.39 is 6.10 Å². The van der Waals surface area contributed by atoms with E-state index in [4.69, 9.17) is 23.2 Å². The molecule has 0 fully saturated rings. The Morgan fingerprint density at radius 1 is 1.30 bits per heavy atom. The number of aliphatic hydroxyl groups is 1. The number of hydrogen-bond acceptors (Lipinski definition) is 2. The zero-order chi connectivity index (χ0) is 14.7. The standard InChI is InChI=1S/C15H18Cl2N2O/c1-3-10(2)19-7-6-12(18-19)9-15(20)13-8-11(16)4-5-14(13)17/h4-8,10,15,20H,3,9H2,1-2H3. The van der Waals surface area contributed by atoms with E-state index in [2.05, 4.69) is 18.9 Å². The van der Waals surface area contributed by atoms with Gasteiger partial charge in [-0.2, -0.15) is 5.10 Å². The molecule has 0 aliphatic rings. The van der Waals surface area contributed by atoms with Gasteiger partial charge in [0.1, 0.15) is 0 Å². The molecule has 0 aliphatic carbocycles. The maximum absolute atomic E-state index is 10.3. The molecule has 2 unspecified atom stereocenters. The van der Waals surface area contributed by atoms with Gasteiger partial charge >= 0.3 is 0 Å². The summed E-state index contributed by atoms with van der Waals surface area (Å²) in [5.41, 5.74) is 1.48. The summed E-state index contributed by atoms with van der Waals surface area (Å²) in [6.07, 6.45) is 2.67. The Labute approximate surface area is 129 Å². The molecule has 20 heavy (non-hydrogen) atoms. The SMILES string of the molecule is CCC(C)n1ccc(CC(O)c2cc(Cl)ccc2Cl)n1. The van der Waals surface area contributed by atoms with Crippen LogP contribution >= 0.6 is 23.2 Å². The highest BCUT2D eigenvalue weighted by atomic mass is 35.5. The summed E-state index contributed by atoms with van der Waals surface area (Å²) in [6, 6.07) is 7.38. The summed E-state index contributed by atoms with van der Waals surface area (Å²) in [7, 11) is 0. The van der Waals surface area contributed by atoms with Crippen LogP contribution in [-0.4, -0.2) is 14.9 Å². The number of aliphatic hydroxyl groups excluding tert-OH is 1. The van der Waals surface area contributed by atoms with Crippen molar-refractivity contribution in [2.45, 2.75) is 38.8 Å². The van der Waals surface area contributed by atoms with Crippen LogP contribution in [0.25, 0.3) is 0 Å². The molecule has 2 rings (SSSR count). The zero-order valence-corrected chi connectivity index (χ0v) is 13.1. The van der Waals surface area contributed by atoms with Crippen molar-refractivity contribution in [3.05, 3.63) is 51.8 Å². The Morgan fingerprint density at radius 2 is 2.05 bits per heavy atom. The van der Waals surface area contributed by atoms with E-state index in [-0.39, 0.29) is 0 Å². The van der Waals surface area contributed by atoms with Crippen molar-refractivity contribution in [1.82, 2.24) is 9.78 Å². The van der Waals surface area contributed by atoms with Gasteiger partial charge in [0.15, 0.2) is 0 Å². The lowest BCUT2D eigenvalue weighted by molar-refractivity contribution is 0.177. The molecule has 3 nitrogen and oxygen atoms in total. The third-order valence-corrected chi connectivity index (χ3v) is 4.00. The monoisotopic (exact) mass is 312 g/mol. The van der Waals surface area contributed by atoms with Gasteiger partial charge in [-0.1, -0.05) is 30.1 Å². The first kappa shape index (κ1) is 15.4. The van der Waals surface area contributed by atoms with E-state index in [1.165, 1.54) is 0 Å². The zero-order valence-electron chi connectivity index (χ0n) is 11.6. The van der Waals surface area contributed by atoms with Gasteiger partial charge in [-0.05, 0) is 37.6 Å².